The van der Waals surface area contributed by atoms with Crippen LogP contribution in [0.15, 0.2) is 0 Å². The normalized spacial score (nSPS) is 10.8. The standard InChI is InChI=1S/C8H18B.CHF3O3S.BH3/c1-3-5-7-9-8-6-4-2;2-1(3,4)8(5,6)7;/h3-8H2,1-2H3;(H,5,6,7);1H3/q+1;;/p-1. The summed E-state index contributed by atoms with van der Waals surface area (Å²) in [5, 5.41) is 0. The van der Waals surface area contributed by atoms with Gasteiger partial charge in [-0.15, -0.1) is 0 Å². The molecule has 0 aromatic carbocycles. The van der Waals surface area contributed by atoms with Crippen LogP contribution in [0.3, 0.4) is 0 Å². The van der Waals surface area contributed by atoms with E-state index in [-0.39, 0.29) is 8.41 Å². The number of hydrogen-bond acceptors (Lipinski definition) is 3. The van der Waals surface area contributed by atoms with Crippen LogP contribution in [-0.4, -0.2) is 34.2 Å². The molecule has 0 aliphatic carbocycles. The van der Waals surface area contributed by atoms with E-state index in [0.717, 1.165) is 0 Å². The molecular formula is C9H21B2F3O3S. The van der Waals surface area contributed by atoms with Gasteiger partial charge in [0.2, 0.25) is 0 Å². The van der Waals surface area contributed by atoms with Crippen LogP contribution < -0.4 is 0 Å². The topological polar surface area (TPSA) is 57.2 Å². The molecule has 0 aromatic rings. The van der Waals surface area contributed by atoms with Gasteiger partial charge in [0, 0.05) is 0 Å². The first-order valence-corrected chi connectivity index (χ1v) is 6.91. The maximum atomic E-state index is 10.7. The van der Waals surface area contributed by atoms with Crippen molar-refractivity contribution < 1.29 is 26.1 Å². The van der Waals surface area contributed by atoms with E-state index in [2.05, 4.69) is 21.1 Å². The number of rotatable bonds is 6. The molecule has 0 aromatic heterocycles. The van der Waals surface area contributed by atoms with Crippen LogP contribution in [0.1, 0.15) is 39.5 Å². The molecule has 0 rings (SSSR count). The van der Waals surface area contributed by atoms with Crippen molar-refractivity contribution in [2.45, 2.75) is 57.7 Å². The summed E-state index contributed by atoms with van der Waals surface area (Å²) in [7, 11) is -3.67. The summed E-state index contributed by atoms with van der Waals surface area (Å²) in [5.74, 6) is 0. The second-order valence-electron chi connectivity index (χ2n) is 3.47. The molecule has 0 N–H and O–H groups in total. The molecule has 18 heavy (non-hydrogen) atoms. The summed E-state index contributed by atoms with van der Waals surface area (Å²) in [6, 6.07) is 0. The Labute approximate surface area is 110 Å². The van der Waals surface area contributed by atoms with Gasteiger partial charge < -0.3 is 4.55 Å². The average molecular weight is 288 g/mol. The Kier molecular flexibility index (Phi) is 15.2. The van der Waals surface area contributed by atoms with E-state index in [0.29, 0.717) is 0 Å². The van der Waals surface area contributed by atoms with E-state index in [1.165, 1.54) is 38.3 Å². The van der Waals surface area contributed by atoms with Gasteiger partial charge in [-0.05, 0) is 0 Å². The predicted octanol–water partition coefficient (Wildman–Crippen LogP) is 1.99. The second kappa shape index (κ2) is 11.9. The number of hydrogen-bond donors (Lipinski definition) is 0. The van der Waals surface area contributed by atoms with Gasteiger partial charge in [-0.2, -0.15) is 13.2 Å². The van der Waals surface area contributed by atoms with E-state index < -0.39 is 15.6 Å². The fraction of sp³-hybridized carbons (Fsp3) is 1.00. The van der Waals surface area contributed by atoms with Crippen molar-refractivity contribution in [2.75, 3.05) is 0 Å². The molecule has 0 radical (unpaired) electrons. The van der Waals surface area contributed by atoms with Gasteiger partial charge in [0.1, 0.15) is 0 Å². The average Bonchev–Trinajstić information content (AvgIpc) is 2.15. The Morgan fingerprint density at radius 1 is 1.06 bits per heavy atom. The number of unbranched alkanes of at least 4 members (excludes halogenated alkanes) is 2. The minimum Gasteiger partial charge on any atom is -0.741 e. The molecule has 0 saturated heterocycles. The molecule has 0 spiro atoms. The molecule has 108 valence electrons. The molecular weight excluding hydrogens is 267 g/mol. The minimum absolute atomic E-state index is 0. The van der Waals surface area contributed by atoms with Crippen molar-refractivity contribution in [2.24, 2.45) is 0 Å². The van der Waals surface area contributed by atoms with Crippen LogP contribution in [0, 0.1) is 0 Å². The van der Waals surface area contributed by atoms with E-state index in [9.17, 15) is 13.2 Å². The zero-order valence-corrected chi connectivity index (χ0v) is 10.9. The molecule has 0 atom stereocenters. The molecule has 0 amide bonds. The summed E-state index contributed by atoms with van der Waals surface area (Å²) in [5.41, 5.74) is -5.65. The summed E-state index contributed by atoms with van der Waals surface area (Å²) < 4.78 is 58.9. The molecule has 0 heterocycles. The molecule has 0 bridgehead atoms. The molecule has 3 nitrogen and oxygen atoms in total. The summed E-state index contributed by atoms with van der Waals surface area (Å²) in [6.07, 6.45) is 8.09. The summed E-state index contributed by atoms with van der Waals surface area (Å²) >= 11 is 0. The SMILES string of the molecule is B.CCCC[B+]CCCC.O=S(=O)([O-])C(F)(F)F. The van der Waals surface area contributed by atoms with E-state index >= 15 is 0 Å². The smallest absolute Gasteiger partial charge is 0.485 e. The Hall–Kier alpha value is -0.170. The Bertz CT molecular complexity index is 263. The fourth-order valence-electron chi connectivity index (χ4n) is 0.841. The van der Waals surface area contributed by atoms with E-state index in [1.54, 1.807) is 0 Å². The Morgan fingerprint density at radius 3 is 1.50 bits per heavy atom. The third-order valence-corrected chi connectivity index (χ3v) is 2.37. The van der Waals surface area contributed by atoms with Gasteiger partial charge >= 0.3 is 65.0 Å². The monoisotopic (exact) mass is 288 g/mol. The van der Waals surface area contributed by atoms with Crippen molar-refractivity contribution >= 4 is 25.8 Å². The first-order valence-electron chi connectivity index (χ1n) is 5.50. The van der Waals surface area contributed by atoms with Crippen molar-refractivity contribution in [3.8, 4) is 0 Å². The fourth-order valence-corrected chi connectivity index (χ4v) is 0.841. The zero-order valence-electron chi connectivity index (χ0n) is 10.1. The van der Waals surface area contributed by atoms with Crippen LogP contribution >= 0.6 is 0 Å². The zero-order chi connectivity index (χ0) is 13.9. The van der Waals surface area contributed by atoms with Gasteiger partial charge in [-0.3, -0.25) is 0 Å². The quantitative estimate of drug-likeness (QED) is 0.325. The van der Waals surface area contributed by atoms with E-state index in [1.807, 2.05) is 0 Å². The van der Waals surface area contributed by atoms with Crippen LogP contribution in [-0.2, 0) is 10.1 Å². The third kappa shape index (κ3) is 15.8. The molecule has 0 unspecified atom stereocenters. The number of alkyl halides is 3. The van der Waals surface area contributed by atoms with Crippen molar-refractivity contribution in [3.63, 3.8) is 0 Å². The molecule has 9 heteroatoms. The molecule has 0 aliphatic rings. The first-order chi connectivity index (χ1) is 7.66. The van der Waals surface area contributed by atoms with Crippen LogP contribution in [0.5, 0.6) is 0 Å². The Balaban J connectivity index is -0.000000238. The maximum Gasteiger partial charge on any atom is 0.485 e. The second-order valence-corrected chi connectivity index (χ2v) is 4.84. The maximum absolute atomic E-state index is 10.7. The third-order valence-electron chi connectivity index (χ3n) is 1.81. The van der Waals surface area contributed by atoms with Crippen LogP contribution in [0.2, 0.25) is 12.6 Å². The molecule has 0 aliphatic heterocycles. The summed E-state index contributed by atoms with van der Waals surface area (Å²) in [6.45, 7) is 4.49. The molecule has 0 fully saturated rings. The van der Waals surface area contributed by atoms with Gasteiger partial charge in [-0.25, -0.2) is 8.42 Å². The molecule has 0 saturated carbocycles. The van der Waals surface area contributed by atoms with Crippen molar-refractivity contribution in [3.05, 3.63) is 0 Å². The largest absolute Gasteiger partial charge is 0.741 e. The van der Waals surface area contributed by atoms with Gasteiger partial charge in [0.15, 0.2) is 10.1 Å². The van der Waals surface area contributed by atoms with Crippen LogP contribution in [0.25, 0.3) is 0 Å². The first kappa shape index (κ1) is 23.0. The van der Waals surface area contributed by atoms with Crippen molar-refractivity contribution in [1.29, 1.82) is 0 Å². The van der Waals surface area contributed by atoms with Crippen LogP contribution in [0.4, 0.5) is 13.2 Å². The minimum atomic E-state index is -6.09. The van der Waals surface area contributed by atoms with E-state index in [4.69, 9.17) is 13.0 Å². The van der Waals surface area contributed by atoms with Gasteiger partial charge in [0.25, 0.3) is 0 Å². The number of halogens is 3. The Morgan fingerprint density at radius 2 is 1.33 bits per heavy atom. The van der Waals surface area contributed by atoms with Gasteiger partial charge in [-0.1, -0.05) is 0 Å². The predicted molar refractivity (Wildman–Crippen MR) is 70.9 cm³/mol. The van der Waals surface area contributed by atoms with Gasteiger partial charge in [0.05, 0.1) is 8.41 Å². The van der Waals surface area contributed by atoms with Crippen molar-refractivity contribution in [1.82, 2.24) is 0 Å². The summed E-state index contributed by atoms with van der Waals surface area (Å²) in [4.78, 5) is 0.